The van der Waals surface area contributed by atoms with E-state index in [9.17, 15) is 15.0 Å². The lowest BCUT2D eigenvalue weighted by Gasteiger charge is -2.12. The molecule has 0 atom stereocenters. The normalized spacial score (nSPS) is 10.3. The van der Waals surface area contributed by atoms with Gasteiger partial charge in [-0.15, -0.1) is 0 Å². The number of amides is 1. The van der Waals surface area contributed by atoms with Gasteiger partial charge in [-0.3, -0.25) is 4.98 Å². The molecule has 0 aliphatic rings. The van der Waals surface area contributed by atoms with Crippen molar-refractivity contribution in [1.29, 1.82) is 0 Å². The summed E-state index contributed by atoms with van der Waals surface area (Å²) in [6, 6.07) is 9.34. The molecule has 0 fully saturated rings. The van der Waals surface area contributed by atoms with Gasteiger partial charge in [0.25, 0.3) is 0 Å². The lowest BCUT2D eigenvalue weighted by molar-refractivity contribution is 0.139. The first-order valence-corrected chi connectivity index (χ1v) is 6.83. The Balaban J connectivity index is 1.90. The van der Waals surface area contributed by atoms with Gasteiger partial charge in [0.1, 0.15) is 12.4 Å². The number of aliphatic hydroxyl groups is 1. The first-order chi connectivity index (χ1) is 10.6. The standard InChI is InChI=1S/C16H18N2O4/c1-11-15(20)14(9-19)13(7-17-11)8-18-16(21)22-10-12-5-3-2-4-6-12/h2-7,19-20H,8-10H2,1H3,(H,18,21). The zero-order chi connectivity index (χ0) is 15.9. The number of benzene rings is 1. The fraction of sp³-hybridized carbons (Fsp3) is 0.250. The number of hydrogen-bond acceptors (Lipinski definition) is 5. The van der Waals surface area contributed by atoms with Crippen molar-refractivity contribution in [2.75, 3.05) is 0 Å². The van der Waals surface area contributed by atoms with Crippen LogP contribution >= 0.6 is 0 Å². The first-order valence-electron chi connectivity index (χ1n) is 6.83. The van der Waals surface area contributed by atoms with E-state index in [0.717, 1.165) is 5.56 Å². The summed E-state index contributed by atoms with van der Waals surface area (Å²) in [5.41, 5.74) is 2.22. The Morgan fingerprint density at radius 3 is 2.73 bits per heavy atom. The van der Waals surface area contributed by atoms with E-state index >= 15 is 0 Å². The quantitative estimate of drug-likeness (QED) is 0.786. The SMILES string of the molecule is Cc1ncc(CNC(=O)OCc2ccccc2)c(CO)c1O. The number of aryl methyl sites for hydroxylation is 1. The number of hydrogen-bond donors (Lipinski definition) is 3. The zero-order valence-corrected chi connectivity index (χ0v) is 12.2. The van der Waals surface area contributed by atoms with Gasteiger partial charge in [0, 0.05) is 18.3 Å². The molecule has 1 aromatic heterocycles. The van der Waals surface area contributed by atoms with Gasteiger partial charge in [0.2, 0.25) is 0 Å². The number of carbonyl (C=O) groups excluding carboxylic acids is 1. The highest BCUT2D eigenvalue weighted by Crippen LogP contribution is 2.23. The van der Waals surface area contributed by atoms with Gasteiger partial charge in [0.05, 0.1) is 12.3 Å². The highest BCUT2D eigenvalue weighted by molar-refractivity contribution is 5.67. The highest BCUT2D eigenvalue weighted by Gasteiger charge is 2.12. The molecule has 6 heteroatoms. The van der Waals surface area contributed by atoms with Crippen molar-refractivity contribution >= 4 is 6.09 Å². The van der Waals surface area contributed by atoms with E-state index in [1.807, 2.05) is 30.3 Å². The van der Waals surface area contributed by atoms with Crippen molar-refractivity contribution in [2.45, 2.75) is 26.7 Å². The Bertz CT molecular complexity index is 644. The summed E-state index contributed by atoms with van der Waals surface area (Å²) < 4.78 is 5.08. The van der Waals surface area contributed by atoms with Gasteiger partial charge in [-0.1, -0.05) is 30.3 Å². The number of aromatic hydroxyl groups is 1. The fourth-order valence-corrected chi connectivity index (χ4v) is 1.95. The number of rotatable bonds is 5. The molecule has 0 radical (unpaired) electrons. The lowest BCUT2D eigenvalue weighted by atomic mass is 10.1. The third kappa shape index (κ3) is 3.95. The van der Waals surface area contributed by atoms with Crippen LogP contribution in [-0.2, 0) is 24.5 Å². The van der Waals surface area contributed by atoms with Crippen LogP contribution in [0.2, 0.25) is 0 Å². The monoisotopic (exact) mass is 302 g/mol. The van der Waals surface area contributed by atoms with Crippen LogP contribution in [0.1, 0.15) is 22.4 Å². The van der Waals surface area contributed by atoms with Gasteiger partial charge in [0.15, 0.2) is 0 Å². The molecule has 1 amide bonds. The minimum atomic E-state index is -0.576. The predicted molar refractivity (Wildman–Crippen MR) is 80.0 cm³/mol. The Hall–Kier alpha value is -2.60. The molecule has 2 rings (SSSR count). The maximum absolute atomic E-state index is 11.7. The van der Waals surface area contributed by atoms with Crippen molar-refractivity contribution in [3.8, 4) is 5.75 Å². The summed E-state index contributed by atoms with van der Waals surface area (Å²) in [5, 5.41) is 21.7. The van der Waals surface area contributed by atoms with Crippen LogP contribution in [0.25, 0.3) is 0 Å². The average molecular weight is 302 g/mol. The van der Waals surface area contributed by atoms with Gasteiger partial charge >= 0.3 is 6.09 Å². The maximum Gasteiger partial charge on any atom is 0.407 e. The number of nitrogens with zero attached hydrogens (tertiary/aromatic N) is 1. The van der Waals surface area contributed by atoms with E-state index in [1.165, 1.54) is 6.20 Å². The second kappa shape index (κ2) is 7.42. The molecule has 0 unspecified atom stereocenters. The molecule has 6 nitrogen and oxygen atoms in total. The zero-order valence-electron chi connectivity index (χ0n) is 12.2. The van der Waals surface area contributed by atoms with Crippen LogP contribution in [0.3, 0.4) is 0 Å². The lowest BCUT2D eigenvalue weighted by Crippen LogP contribution is -2.24. The molecule has 3 N–H and O–H groups in total. The van der Waals surface area contributed by atoms with Crippen molar-refractivity contribution in [2.24, 2.45) is 0 Å². The second-order valence-corrected chi connectivity index (χ2v) is 4.77. The Labute approximate surface area is 128 Å². The number of ether oxygens (including phenoxy) is 1. The van der Waals surface area contributed by atoms with Gasteiger partial charge < -0.3 is 20.3 Å². The van der Waals surface area contributed by atoms with Gasteiger partial charge in [-0.05, 0) is 18.1 Å². The second-order valence-electron chi connectivity index (χ2n) is 4.77. The van der Waals surface area contributed by atoms with E-state index in [-0.39, 0.29) is 25.5 Å². The molecule has 1 heterocycles. The molecule has 22 heavy (non-hydrogen) atoms. The molecule has 0 spiro atoms. The Morgan fingerprint density at radius 1 is 1.32 bits per heavy atom. The van der Waals surface area contributed by atoms with Crippen LogP contribution in [0.4, 0.5) is 4.79 Å². The molecule has 1 aromatic carbocycles. The minimum absolute atomic E-state index is 0.0561. The summed E-state index contributed by atoms with van der Waals surface area (Å²) in [5.74, 6) is -0.0561. The average Bonchev–Trinajstić information content (AvgIpc) is 2.55. The number of aliphatic hydroxyl groups excluding tert-OH is 1. The largest absolute Gasteiger partial charge is 0.506 e. The van der Waals surface area contributed by atoms with Crippen molar-refractivity contribution in [3.05, 3.63) is 58.9 Å². The summed E-state index contributed by atoms with van der Waals surface area (Å²) in [4.78, 5) is 15.7. The molecule has 0 saturated carbocycles. The van der Waals surface area contributed by atoms with Gasteiger partial charge in [-0.2, -0.15) is 0 Å². The van der Waals surface area contributed by atoms with Crippen LogP contribution < -0.4 is 5.32 Å². The summed E-state index contributed by atoms with van der Waals surface area (Å²) in [6.45, 7) is 1.60. The topological polar surface area (TPSA) is 91.7 Å². The molecule has 0 aliphatic carbocycles. The number of nitrogens with one attached hydrogen (secondary N) is 1. The molecule has 116 valence electrons. The molecular weight excluding hydrogens is 284 g/mol. The van der Waals surface area contributed by atoms with E-state index in [4.69, 9.17) is 4.74 Å². The summed E-state index contributed by atoms with van der Waals surface area (Å²) in [6.07, 6.45) is 0.936. The first kappa shape index (κ1) is 15.8. The predicted octanol–water partition coefficient (Wildman–Crippen LogP) is 2.01. The van der Waals surface area contributed by atoms with Gasteiger partial charge in [-0.25, -0.2) is 4.79 Å². The number of aromatic nitrogens is 1. The fourth-order valence-electron chi connectivity index (χ4n) is 1.95. The molecule has 0 saturated heterocycles. The van der Waals surface area contributed by atoms with Crippen LogP contribution in [-0.4, -0.2) is 21.3 Å². The molecular formula is C16H18N2O4. The van der Waals surface area contributed by atoms with Crippen LogP contribution in [0, 0.1) is 6.92 Å². The minimum Gasteiger partial charge on any atom is -0.506 e. The number of alkyl carbamates (subject to hydrolysis) is 1. The number of pyridine rings is 1. The maximum atomic E-state index is 11.7. The van der Waals surface area contributed by atoms with Crippen molar-refractivity contribution < 1.29 is 19.7 Å². The third-order valence-electron chi connectivity index (χ3n) is 3.22. The van der Waals surface area contributed by atoms with Crippen molar-refractivity contribution in [1.82, 2.24) is 10.3 Å². The van der Waals surface area contributed by atoms with E-state index < -0.39 is 6.09 Å². The van der Waals surface area contributed by atoms with E-state index in [0.29, 0.717) is 16.8 Å². The number of carbonyl (C=O) groups is 1. The van der Waals surface area contributed by atoms with E-state index in [1.54, 1.807) is 6.92 Å². The molecule has 0 aliphatic heterocycles. The summed E-state index contributed by atoms with van der Waals surface area (Å²) >= 11 is 0. The van der Waals surface area contributed by atoms with Crippen LogP contribution in [0.15, 0.2) is 36.5 Å². The van der Waals surface area contributed by atoms with Crippen LogP contribution in [0.5, 0.6) is 5.75 Å². The smallest absolute Gasteiger partial charge is 0.407 e. The Kier molecular flexibility index (Phi) is 5.32. The summed E-state index contributed by atoms with van der Waals surface area (Å²) in [7, 11) is 0. The van der Waals surface area contributed by atoms with E-state index in [2.05, 4.69) is 10.3 Å². The molecule has 0 bridgehead atoms. The molecule has 2 aromatic rings. The Morgan fingerprint density at radius 2 is 2.05 bits per heavy atom. The highest BCUT2D eigenvalue weighted by atomic mass is 16.5. The third-order valence-corrected chi connectivity index (χ3v) is 3.22. The van der Waals surface area contributed by atoms with Crippen molar-refractivity contribution in [3.63, 3.8) is 0 Å².